The zero-order valence-corrected chi connectivity index (χ0v) is 18.3. The van der Waals surface area contributed by atoms with Crippen molar-refractivity contribution in [2.45, 2.75) is 64.7 Å². The summed E-state index contributed by atoms with van der Waals surface area (Å²) in [5, 5.41) is 3.14. The number of rotatable bonds is 8. The number of furan rings is 1. The maximum atomic E-state index is 12.6. The van der Waals surface area contributed by atoms with Gasteiger partial charge in [0.1, 0.15) is 5.76 Å². The number of benzene rings is 2. The van der Waals surface area contributed by atoms with Gasteiger partial charge in [-0.05, 0) is 48.6 Å². The minimum Gasteiger partial charge on any atom is -0.455 e. The van der Waals surface area contributed by atoms with Crippen LogP contribution in [0.15, 0.2) is 71.1 Å². The summed E-state index contributed by atoms with van der Waals surface area (Å²) in [5.74, 6) is 1.14. The topological polar surface area (TPSA) is 45.5 Å². The lowest BCUT2D eigenvalue weighted by Gasteiger charge is -2.23. The third-order valence-corrected chi connectivity index (χ3v) is 6.11. The molecule has 0 saturated heterocycles. The van der Waals surface area contributed by atoms with E-state index in [9.17, 15) is 4.79 Å². The predicted molar refractivity (Wildman–Crippen MR) is 124 cm³/mol. The highest BCUT2D eigenvalue weighted by Gasteiger charge is 2.19. The maximum absolute atomic E-state index is 12.6. The Bertz CT molecular complexity index is 974. The van der Waals surface area contributed by atoms with Crippen molar-refractivity contribution in [3.05, 3.63) is 94.9 Å². The first kappa shape index (κ1) is 21.4. The second-order valence-corrected chi connectivity index (χ2v) is 8.63. The number of nitrogens with zero attached hydrogens (tertiary/aromatic N) is 1. The van der Waals surface area contributed by atoms with Crippen LogP contribution >= 0.6 is 0 Å². The van der Waals surface area contributed by atoms with E-state index in [4.69, 9.17) is 4.42 Å². The fourth-order valence-corrected chi connectivity index (χ4v) is 4.35. The van der Waals surface area contributed by atoms with Gasteiger partial charge in [0.05, 0.1) is 6.54 Å². The van der Waals surface area contributed by atoms with E-state index in [0.29, 0.717) is 12.3 Å². The lowest BCUT2D eigenvalue weighted by molar-refractivity contribution is 0.0895. The number of carbonyl (C=O) groups is 1. The SMILES string of the molecule is Cc1ccccc1CN(Cc1ccccc1)Cc1ccc(C(=O)NC2CCCCC2)o1. The van der Waals surface area contributed by atoms with Gasteiger partial charge < -0.3 is 9.73 Å². The van der Waals surface area contributed by atoms with Crippen LogP contribution in [0.3, 0.4) is 0 Å². The molecule has 1 aliphatic carbocycles. The Balaban J connectivity index is 1.44. The van der Waals surface area contributed by atoms with E-state index in [1.807, 2.05) is 18.2 Å². The third kappa shape index (κ3) is 6.08. The smallest absolute Gasteiger partial charge is 0.287 e. The van der Waals surface area contributed by atoms with Gasteiger partial charge in [0, 0.05) is 19.1 Å². The van der Waals surface area contributed by atoms with Crippen molar-refractivity contribution in [3.8, 4) is 0 Å². The summed E-state index contributed by atoms with van der Waals surface area (Å²) in [6.45, 7) is 4.45. The van der Waals surface area contributed by atoms with Gasteiger partial charge in [-0.3, -0.25) is 9.69 Å². The Hall–Kier alpha value is -2.85. The van der Waals surface area contributed by atoms with Gasteiger partial charge in [-0.25, -0.2) is 0 Å². The van der Waals surface area contributed by atoms with Gasteiger partial charge in [0.2, 0.25) is 0 Å². The second kappa shape index (κ2) is 10.5. The molecule has 1 amide bonds. The highest BCUT2D eigenvalue weighted by Crippen LogP contribution is 2.20. The van der Waals surface area contributed by atoms with Crippen molar-refractivity contribution in [2.24, 2.45) is 0 Å². The van der Waals surface area contributed by atoms with Crippen molar-refractivity contribution < 1.29 is 9.21 Å². The molecule has 4 nitrogen and oxygen atoms in total. The minimum atomic E-state index is -0.0911. The number of aryl methyl sites for hydroxylation is 1. The summed E-state index contributed by atoms with van der Waals surface area (Å²) in [6.07, 6.45) is 5.81. The lowest BCUT2D eigenvalue weighted by atomic mass is 9.95. The van der Waals surface area contributed by atoms with Gasteiger partial charge in [-0.2, -0.15) is 0 Å². The Kier molecular flexibility index (Phi) is 7.21. The Morgan fingerprint density at radius 2 is 1.65 bits per heavy atom. The number of hydrogen-bond donors (Lipinski definition) is 1. The summed E-state index contributed by atoms with van der Waals surface area (Å²) in [7, 11) is 0. The minimum absolute atomic E-state index is 0.0911. The van der Waals surface area contributed by atoms with Crippen molar-refractivity contribution in [2.75, 3.05) is 0 Å². The van der Waals surface area contributed by atoms with Gasteiger partial charge >= 0.3 is 0 Å². The van der Waals surface area contributed by atoms with Crippen LogP contribution in [-0.2, 0) is 19.6 Å². The van der Waals surface area contributed by atoms with Gasteiger partial charge in [0.25, 0.3) is 5.91 Å². The van der Waals surface area contributed by atoms with E-state index in [1.165, 1.54) is 36.0 Å². The number of hydrogen-bond acceptors (Lipinski definition) is 3. The van der Waals surface area contributed by atoms with Crippen LogP contribution < -0.4 is 5.32 Å². The average molecular weight is 417 g/mol. The van der Waals surface area contributed by atoms with E-state index in [0.717, 1.165) is 31.7 Å². The van der Waals surface area contributed by atoms with Crippen molar-refractivity contribution >= 4 is 5.91 Å². The molecule has 2 aromatic carbocycles. The lowest BCUT2D eigenvalue weighted by Crippen LogP contribution is -2.35. The largest absolute Gasteiger partial charge is 0.455 e. The molecular formula is C27H32N2O2. The molecule has 3 aromatic rings. The summed E-state index contributed by atoms with van der Waals surface area (Å²) in [5.41, 5.74) is 3.85. The van der Waals surface area contributed by atoms with Crippen LogP contribution in [0.5, 0.6) is 0 Å². The van der Waals surface area contributed by atoms with Gasteiger partial charge in [0.15, 0.2) is 5.76 Å². The van der Waals surface area contributed by atoms with Crippen molar-refractivity contribution in [1.29, 1.82) is 0 Å². The molecule has 1 fully saturated rings. The monoisotopic (exact) mass is 416 g/mol. The molecule has 4 rings (SSSR count). The molecule has 1 aliphatic rings. The quantitative estimate of drug-likeness (QED) is 0.501. The predicted octanol–water partition coefficient (Wildman–Crippen LogP) is 5.85. The van der Waals surface area contributed by atoms with E-state index < -0.39 is 0 Å². The van der Waals surface area contributed by atoms with Crippen LogP contribution in [-0.4, -0.2) is 16.8 Å². The third-order valence-electron chi connectivity index (χ3n) is 6.11. The number of carbonyl (C=O) groups excluding carboxylic acids is 1. The molecule has 0 radical (unpaired) electrons. The molecule has 0 atom stereocenters. The zero-order chi connectivity index (χ0) is 21.5. The summed E-state index contributed by atoms with van der Waals surface area (Å²) in [6, 6.07) is 23.0. The van der Waals surface area contributed by atoms with Crippen molar-refractivity contribution in [1.82, 2.24) is 10.2 Å². The first-order valence-electron chi connectivity index (χ1n) is 11.4. The van der Waals surface area contributed by atoms with E-state index in [2.05, 4.69) is 65.7 Å². The van der Waals surface area contributed by atoms with Gasteiger partial charge in [-0.15, -0.1) is 0 Å². The van der Waals surface area contributed by atoms with Crippen LogP contribution in [0.4, 0.5) is 0 Å². The molecule has 0 aliphatic heterocycles. The molecule has 1 N–H and O–H groups in total. The molecule has 1 heterocycles. The van der Waals surface area contributed by atoms with Crippen LogP contribution in [0, 0.1) is 6.92 Å². The summed E-state index contributed by atoms with van der Waals surface area (Å²) >= 11 is 0. The normalized spacial score (nSPS) is 14.6. The molecular weight excluding hydrogens is 384 g/mol. The fourth-order valence-electron chi connectivity index (χ4n) is 4.35. The highest BCUT2D eigenvalue weighted by atomic mass is 16.4. The standard InChI is InChI=1S/C27H32N2O2/c1-21-10-8-9-13-23(21)19-29(18-22-11-4-2-5-12-22)20-25-16-17-26(31-25)27(30)28-24-14-6-3-7-15-24/h2,4-5,8-13,16-17,24H,3,6-7,14-15,18-20H2,1H3,(H,28,30). The molecule has 1 saturated carbocycles. The molecule has 0 unspecified atom stereocenters. The number of amides is 1. The van der Waals surface area contributed by atoms with Crippen LogP contribution in [0.2, 0.25) is 0 Å². The molecule has 1 aromatic heterocycles. The number of nitrogens with one attached hydrogen (secondary N) is 1. The van der Waals surface area contributed by atoms with Crippen LogP contribution in [0.25, 0.3) is 0 Å². The molecule has 162 valence electrons. The zero-order valence-electron chi connectivity index (χ0n) is 18.3. The Morgan fingerprint density at radius 3 is 2.42 bits per heavy atom. The second-order valence-electron chi connectivity index (χ2n) is 8.63. The van der Waals surface area contributed by atoms with E-state index in [1.54, 1.807) is 0 Å². The molecule has 0 spiro atoms. The molecule has 0 bridgehead atoms. The summed E-state index contributed by atoms with van der Waals surface area (Å²) < 4.78 is 5.97. The maximum Gasteiger partial charge on any atom is 0.287 e. The fraction of sp³-hybridized carbons (Fsp3) is 0.370. The first-order valence-corrected chi connectivity index (χ1v) is 11.4. The van der Waals surface area contributed by atoms with Crippen molar-refractivity contribution in [3.63, 3.8) is 0 Å². The average Bonchev–Trinajstić information content (AvgIpc) is 3.25. The van der Waals surface area contributed by atoms with E-state index in [-0.39, 0.29) is 11.9 Å². The highest BCUT2D eigenvalue weighted by molar-refractivity contribution is 5.91. The molecule has 31 heavy (non-hydrogen) atoms. The summed E-state index contributed by atoms with van der Waals surface area (Å²) in [4.78, 5) is 15.0. The Morgan fingerprint density at radius 1 is 0.903 bits per heavy atom. The molecule has 4 heteroatoms. The first-order chi connectivity index (χ1) is 15.2. The Labute approximate surface area is 185 Å². The van der Waals surface area contributed by atoms with E-state index >= 15 is 0 Å². The van der Waals surface area contributed by atoms with Gasteiger partial charge in [-0.1, -0.05) is 73.9 Å². The van der Waals surface area contributed by atoms with Crippen LogP contribution in [0.1, 0.15) is 65.1 Å².